The zero-order valence-corrected chi connectivity index (χ0v) is 14.9. The number of nitro benzene ring substituents is 1. The second-order valence-electron chi connectivity index (χ2n) is 6.19. The van der Waals surface area contributed by atoms with Gasteiger partial charge in [0.25, 0.3) is 11.6 Å². The third-order valence-corrected chi connectivity index (χ3v) is 4.34. The third kappa shape index (κ3) is 3.76. The van der Waals surface area contributed by atoms with Gasteiger partial charge < -0.3 is 9.84 Å². The lowest BCUT2D eigenvalue weighted by atomic mass is 9.96. The topological polar surface area (TPSA) is 105 Å². The number of aliphatic hydroxyl groups is 1. The van der Waals surface area contributed by atoms with Crippen LogP contribution in [0.15, 0.2) is 53.6 Å². The Bertz CT molecular complexity index is 1010. The molecular formula is C18H14F3N3O5. The minimum absolute atomic E-state index is 0.0568. The van der Waals surface area contributed by atoms with Crippen LogP contribution in [0, 0.1) is 10.1 Å². The molecule has 0 spiro atoms. The minimum atomic E-state index is -4.88. The van der Waals surface area contributed by atoms with Crippen molar-refractivity contribution in [1.29, 1.82) is 0 Å². The number of non-ortho nitro benzene ring substituents is 1. The minimum Gasteiger partial charge on any atom is -0.497 e. The highest BCUT2D eigenvalue weighted by Crippen LogP contribution is 2.41. The zero-order chi connectivity index (χ0) is 21.4. The summed E-state index contributed by atoms with van der Waals surface area (Å²) in [6.07, 6.45) is -5.89. The Morgan fingerprint density at radius 3 is 2.59 bits per heavy atom. The standard InChI is InChI=1S/C18H14F3N3O5/c1-29-14-7-3-5-12(9-14)17(26)10-15(18(19,20)21)22-23(17)16(25)11-4-2-6-13(8-11)24(27)28/h2-9,26H,10H2,1H3/t17-/m1/s1. The number of methoxy groups -OCH3 is 1. The number of hydrogen-bond acceptors (Lipinski definition) is 6. The summed E-state index contributed by atoms with van der Waals surface area (Å²) in [6.45, 7) is 0. The van der Waals surface area contributed by atoms with E-state index in [4.69, 9.17) is 4.74 Å². The van der Waals surface area contributed by atoms with Gasteiger partial charge in [-0.3, -0.25) is 14.9 Å². The number of carbonyl (C=O) groups excluding carboxylic acids is 1. The van der Waals surface area contributed by atoms with E-state index in [0.29, 0.717) is 5.01 Å². The van der Waals surface area contributed by atoms with Crippen LogP contribution in [0.5, 0.6) is 5.75 Å². The number of nitrogens with zero attached hydrogens (tertiary/aromatic N) is 3. The number of amides is 1. The van der Waals surface area contributed by atoms with Crippen LogP contribution in [0.4, 0.5) is 18.9 Å². The smallest absolute Gasteiger partial charge is 0.431 e. The maximum absolute atomic E-state index is 13.3. The van der Waals surface area contributed by atoms with Crippen molar-refractivity contribution in [2.75, 3.05) is 7.11 Å². The molecule has 0 unspecified atom stereocenters. The molecule has 3 rings (SSSR count). The van der Waals surface area contributed by atoms with Crippen molar-refractivity contribution in [3.8, 4) is 5.75 Å². The average Bonchev–Trinajstić information content (AvgIpc) is 3.07. The van der Waals surface area contributed by atoms with Gasteiger partial charge in [0.15, 0.2) is 5.72 Å². The zero-order valence-electron chi connectivity index (χ0n) is 14.9. The van der Waals surface area contributed by atoms with E-state index in [1.54, 1.807) is 0 Å². The van der Waals surface area contributed by atoms with E-state index < -0.39 is 40.6 Å². The number of hydrogen-bond donors (Lipinski definition) is 1. The predicted octanol–water partition coefficient (Wildman–Crippen LogP) is 3.21. The largest absolute Gasteiger partial charge is 0.497 e. The molecule has 29 heavy (non-hydrogen) atoms. The number of ether oxygens (including phenoxy) is 1. The number of hydrazone groups is 1. The molecule has 0 fully saturated rings. The molecule has 0 saturated heterocycles. The number of carbonyl (C=O) groups is 1. The highest BCUT2D eigenvalue weighted by Gasteiger charge is 2.53. The van der Waals surface area contributed by atoms with Crippen molar-refractivity contribution in [2.45, 2.75) is 18.3 Å². The molecule has 1 aliphatic rings. The molecule has 1 amide bonds. The van der Waals surface area contributed by atoms with Crippen molar-refractivity contribution in [1.82, 2.24) is 5.01 Å². The van der Waals surface area contributed by atoms with E-state index in [-0.39, 0.29) is 16.9 Å². The van der Waals surface area contributed by atoms with Crippen molar-refractivity contribution in [2.24, 2.45) is 5.10 Å². The van der Waals surface area contributed by atoms with E-state index in [1.807, 2.05) is 0 Å². The van der Waals surface area contributed by atoms with Gasteiger partial charge in [0, 0.05) is 23.3 Å². The lowest BCUT2D eigenvalue weighted by molar-refractivity contribution is -0.384. The molecule has 0 aliphatic carbocycles. The van der Waals surface area contributed by atoms with Crippen LogP contribution in [-0.4, -0.2) is 39.9 Å². The van der Waals surface area contributed by atoms with Crippen molar-refractivity contribution in [3.05, 3.63) is 69.8 Å². The highest BCUT2D eigenvalue weighted by molar-refractivity contribution is 6.00. The Balaban J connectivity index is 2.10. The molecule has 1 N–H and O–H groups in total. The van der Waals surface area contributed by atoms with E-state index in [2.05, 4.69) is 5.10 Å². The van der Waals surface area contributed by atoms with Crippen LogP contribution < -0.4 is 4.74 Å². The first-order valence-electron chi connectivity index (χ1n) is 8.17. The van der Waals surface area contributed by atoms with Gasteiger partial charge in [-0.05, 0) is 18.2 Å². The average molecular weight is 409 g/mol. The molecule has 0 aromatic heterocycles. The summed E-state index contributed by atoms with van der Waals surface area (Å²) in [5.41, 5.74) is -4.60. The number of rotatable bonds is 4. The molecule has 2 aromatic rings. The maximum Gasteiger partial charge on any atom is 0.431 e. The maximum atomic E-state index is 13.3. The van der Waals surface area contributed by atoms with Crippen molar-refractivity contribution in [3.63, 3.8) is 0 Å². The lowest BCUT2D eigenvalue weighted by Crippen LogP contribution is -2.43. The monoisotopic (exact) mass is 409 g/mol. The second kappa shape index (κ2) is 7.17. The molecule has 1 aliphatic heterocycles. The molecular weight excluding hydrogens is 395 g/mol. The van der Waals surface area contributed by atoms with Gasteiger partial charge in [-0.1, -0.05) is 18.2 Å². The molecule has 0 bridgehead atoms. The van der Waals surface area contributed by atoms with Gasteiger partial charge >= 0.3 is 6.18 Å². The van der Waals surface area contributed by atoms with Gasteiger partial charge in [-0.15, -0.1) is 0 Å². The SMILES string of the molecule is COc1cccc([C@]2(O)CC(C(F)(F)F)=NN2C(=O)c2cccc([N+](=O)[O-])c2)c1. The summed E-state index contributed by atoms with van der Waals surface area (Å²) < 4.78 is 44.9. The summed E-state index contributed by atoms with van der Waals surface area (Å²) in [5, 5.41) is 25.6. The Morgan fingerprint density at radius 1 is 1.28 bits per heavy atom. The van der Waals surface area contributed by atoms with Crippen LogP contribution in [0.1, 0.15) is 22.3 Å². The molecule has 152 valence electrons. The van der Waals surface area contributed by atoms with Gasteiger partial charge in [-0.25, -0.2) is 0 Å². The Labute approximate surface area is 162 Å². The first kappa shape index (κ1) is 20.3. The van der Waals surface area contributed by atoms with Crippen LogP contribution >= 0.6 is 0 Å². The van der Waals surface area contributed by atoms with Gasteiger partial charge in [0.1, 0.15) is 11.5 Å². The van der Waals surface area contributed by atoms with E-state index in [1.165, 1.54) is 43.5 Å². The molecule has 2 aromatic carbocycles. The Kier molecular flexibility index (Phi) is 5.01. The van der Waals surface area contributed by atoms with Crippen molar-refractivity contribution >= 4 is 17.3 Å². The normalized spacial score (nSPS) is 19.1. The summed E-state index contributed by atoms with van der Waals surface area (Å²) in [6, 6.07) is 9.97. The number of alkyl halides is 3. The molecule has 1 heterocycles. The number of halogens is 3. The molecule has 11 heteroatoms. The van der Waals surface area contributed by atoms with Crippen LogP contribution in [0.25, 0.3) is 0 Å². The fraction of sp³-hybridized carbons (Fsp3) is 0.222. The number of nitro groups is 1. The second-order valence-corrected chi connectivity index (χ2v) is 6.19. The summed E-state index contributed by atoms with van der Waals surface area (Å²) >= 11 is 0. The van der Waals surface area contributed by atoms with E-state index >= 15 is 0 Å². The van der Waals surface area contributed by atoms with Crippen LogP contribution in [-0.2, 0) is 5.72 Å². The first-order valence-corrected chi connectivity index (χ1v) is 8.17. The molecule has 0 saturated carbocycles. The van der Waals surface area contributed by atoms with Crippen LogP contribution in [0.3, 0.4) is 0 Å². The first-order chi connectivity index (χ1) is 13.6. The molecule has 1 atom stereocenters. The summed E-state index contributed by atoms with van der Waals surface area (Å²) in [4.78, 5) is 23.1. The van der Waals surface area contributed by atoms with Gasteiger partial charge in [0.2, 0.25) is 0 Å². The number of benzene rings is 2. The molecule has 8 nitrogen and oxygen atoms in total. The van der Waals surface area contributed by atoms with Gasteiger partial charge in [-0.2, -0.15) is 23.3 Å². The third-order valence-electron chi connectivity index (χ3n) is 4.34. The highest BCUT2D eigenvalue weighted by atomic mass is 19.4. The lowest BCUT2D eigenvalue weighted by Gasteiger charge is -2.31. The summed E-state index contributed by atoms with van der Waals surface area (Å²) in [5.74, 6) is -0.877. The van der Waals surface area contributed by atoms with Crippen molar-refractivity contribution < 1.29 is 32.7 Å². The Hall–Kier alpha value is -3.47. The predicted molar refractivity (Wildman–Crippen MR) is 94.3 cm³/mol. The molecule has 0 radical (unpaired) electrons. The van der Waals surface area contributed by atoms with Crippen LogP contribution in [0.2, 0.25) is 0 Å². The fourth-order valence-electron chi connectivity index (χ4n) is 2.89. The quantitative estimate of drug-likeness (QED) is 0.617. The fourth-order valence-corrected chi connectivity index (χ4v) is 2.89. The van der Waals surface area contributed by atoms with Gasteiger partial charge in [0.05, 0.1) is 18.5 Å². The Morgan fingerprint density at radius 2 is 1.97 bits per heavy atom. The van der Waals surface area contributed by atoms with E-state index in [9.17, 15) is 33.2 Å². The van der Waals surface area contributed by atoms with E-state index in [0.717, 1.165) is 12.1 Å². The summed E-state index contributed by atoms with van der Waals surface area (Å²) in [7, 11) is 1.33.